The van der Waals surface area contributed by atoms with Crippen LogP contribution in [0.4, 0.5) is 0 Å². The van der Waals surface area contributed by atoms with Crippen LogP contribution in [0.3, 0.4) is 0 Å². The average molecular weight is 550 g/mol. The summed E-state index contributed by atoms with van der Waals surface area (Å²) in [6.45, 7) is 0.841. The number of benzene rings is 2. The summed E-state index contributed by atoms with van der Waals surface area (Å²) in [7, 11) is 0. The average Bonchev–Trinajstić information content (AvgIpc) is 2.94. The first-order chi connectivity index (χ1) is 18.7. The first-order valence-electron chi connectivity index (χ1n) is 13.1. The van der Waals surface area contributed by atoms with Crippen molar-refractivity contribution >= 4 is 5.91 Å². The van der Waals surface area contributed by atoms with Crippen LogP contribution >= 0.6 is 0 Å². The van der Waals surface area contributed by atoms with Crippen molar-refractivity contribution in [3.63, 3.8) is 0 Å². The Bertz CT molecular complexity index is 990. The molecule has 3 unspecified atom stereocenters. The first-order valence-corrected chi connectivity index (χ1v) is 13.1. The van der Waals surface area contributed by atoms with Crippen LogP contribution in [-0.2, 0) is 20.7 Å². The molecule has 2 aromatic carbocycles. The van der Waals surface area contributed by atoms with E-state index in [4.69, 9.17) is 14.2 Å². The van der Waals surface area contributed by atoms with Gasteiger partial charge in [-0.25, -0.2) is 0 Å². The number of hydrogen-bond acceptors (Lipinski definition) is 10. The van der Waals surface area contributed by atoms with Gasteiger partial charge in [0.05, 0.1) is 25.4 Å². The highest BCUT2D eigenvalue weighted by molar-refractivity contribution is 5.76. The molecule has 2 aromatic rings. The molecule has 0 radical (unpaired) electrons. The van der Waals surface area contributed by atoms with Crippen LogP contribution in [0.5, 0.6) is 11.5 Å². The molecule has 1 saturated heterocycles. The van der Waals surface area contributed by atoms with Gasteiger partial charge >= 0.3 is 0 Å². The summed E-state index contributed by atoms with van der Waals surface area (Å²) in [5.41, 5.74) is 0.895. The first kappa shape index (κ1) is 30.9. The van der Waals surface area contributed by atoms with E-state index in [0.717, 1.165) is 5.56 Å². The lowest BCUT2D eigenvalue weighted by Gasteiger charge is -2.40. The lowest BCUT2D eigenvalue weighted by molar-refractivity contribution is -0.303. The van der Waals surface area contributed by atoms with Crippen molar-refractivity contribution in [1.29, 1.82) is 0 Å². The number of aliphatic hydroxyl groups excluding tert-OH is 6. The molecule has 0 aliphatic carbocycles. The van der Waals surface area contributed by atoms with Gasteiger partial charge in [0.25, 0.3) is 0 Å². The van der Waals surface area contributed by atoms with Gasteiger partial charge in [0.1, 0.15) is 42.0 Å². The van der Waals surface area contributed by atoms with Crippen LogP contribution in [0.25, 0.3) is 0 Å². The van der Waals surface area contributed by atoms with Crippen LogP contribution in [0, 0.1) is 0 Å². The van der Waals surface area contributed by atoms with Crippen molar-refractivity contribution < 1.29 is 49.6 Å². The lowest BCUT2D eigenvalue weighted by Crippen LogP contribution is -2.60. The van der Waals surface area contributed by atoms with E-state index in [9.17, 15) is 35.4 Å². The summed E-state index contributed by atoms with van der Waals surface area (Å²) >= 11 is 0. The monoisotopic (exact) mass is 549 g/mol. The highest BCUT2D eigenvalue weighted by Gasteiger charge is 2.44. The Hall–Kier alpha value is -2.61. The summed E-state index contributed by atoms with van der Waals surface area (Å²) < 4.78 is 16.6. The molecule has 1 amide bonds. The third kappa shape index (κ3) is 8.95. The highest BCUT2D eigenvalue weighted by Crippen LogP contribution is 2.23. The summed E-state index contributed by atoms with van der Waals surface area (Å²) in [5, 5.41) is 63.2. The maximum atomic E-state index is 12.8. The van der Waals surface area contributed by atoms with Gasteiger partial charge in [-0.1, -0.05) is 43.7 Å². The molecule has 0 aromatic heterocycles. The lowest BCUT2D eigenvalue weighted by atomic mass is 9.99. The number of hydrogen-bond donors (Lipinski definition) is 7. The Morgan fingerprint density at radius 1 is 0.974 bits per heavy atom. The fourth-order valence-electron chi connectivity index (χ4n) is 4.25. The van der Waals surface area contributed by atoms with E-state index in [1.54, 1.807) is 0 Å². The van der Waals surface area contributed by atoms with Crippen molar-refractivity contribution in [1.82, 2.24) is 5.32 Å². The normalized spacial score (nSPS) is 25.5. The number of amides is 1. The SMILES string of the molecule is CCC[C@@H](O)[C@@H](O)[C@H](CO[C@H]1OC(CO)[C@@H](O)C(O)C1O)NC(=O)CCc1ccc(Oc2ccccc2)cc1. The third-order valence-electron chi connectivity index (χ3n) is 6.57. The molecule has 0 bridgehead atoms. The minimum atomic E-state index is -1.63. The van der Waals surface area contributed by atoms with E-state index in [2.05, 4.69) is 5.32 Å². The van der Waals surface area contributed by atoms with Crippen LogP contribution in [-0.4, -0.2) is 98.7 Å². The number of nitrogens with one attached hydrogen (secondary N) is 1. The largest absolute Gasteiger partial charge is 0.457 e. The Balaban J connectivity index is 1.56. The smallest absolute Gasteiger partial charge is 0.220 e. The van der Waals surface area contributed by atoms with E-state index in [1.807, 2.05) is 61.5 Å². The Morgan fingerprint density at radius 3 is 2.28 bits per heavy atom. The molecule has 1 aliphatic heterocycles. The van der Waals surface area contributed by atoms with E-state index in [-0.39, 0.29) is 19.4 Å². The quantitative estimate of drug-likeness (QED) is 0.173. The maximum absolute atomic E-state index is 12.8. The Morgan fingerprint density at radius 2 is 1.64 bits per heavy atom. The van der Waals surface area contributed by atoms with Gasteiger partial charge in [0, 0.05) is 6.42 Å². The predicted molar refractivity (Wildman–Crippen MR) is 140 cm³/mol. The molecule has 1 fully saturated rings. The van der Waals surface area contributed by atoms with Gasteiger partial charge in [0.2, 0.25) is 5.91 Å². The van der Waals surface area contributed by atoms with E-state index in [0.29, 0.717) is 24.3 Å². The Labute approximate surface area is 227 Å². The minimum absolute atomic E-state index is 0.0893. The fraction of sp³-hybridized carbons (Fsp3) is 0.536. The fourth-order valence-corrected chi connectivity index (χ4v) is 4.25. The second-order valence-electron chi connectivity index (χ2n) is 9.61. The molecule has 7 N–H and O–H groups in total. The number of ether oxygens (including phenoxy) is 3. The highest BCUT2D eigenvalue weighted by atomic mass is 16.7. The third-order valence-corrected chi connectivity index (χ3v) is 6.57. The molecule has 1 aliphatic rings. The number of rotatable bonds is 14. The molecule has 3 rings (SSSR count). The summed E-state index contributed by atoms with van der Waals surface area (Å²) in [5.74, 6) is 0.975. The molecule has 8 atom stereocenters. The van der Waals surface area contributed by atoms with Gasteiger partial charge in [-0.2, -0.15) is 0 Å². The van der Waals surface area contributed by atoms with Gasteiger partial charge in [-0.3, -0.25) is 4.79 Å². The topological polar surface area (TPSA) is 178 Å². The van der Waals surface area contributed by atoms with Crippen molar-refractivity contribution in [2.75, 3.05) is 13.2 Å². The predicted octanol–water partition coefficient (Wildman–Crippen LogP) is 0.235. The molecule has 1 heterocycles. The van der Waals surface area contributed by atoms with Crippen molar-refractivity contribution in [2.45, 2.75) is 81.6 Å². The summed E-state index contributed by atoms with van der Waals surface area (Å²) in [4.78, 5) is 12.8. The molecule has 11 nitrogen and oxygen atoms in total. The van der Waals surface area contributed by atoms with Crippen LogP contribution in [0.2, 0.25) is 0 Å². The zero-order chi connectivity index (χ0) is 28.4. The van der Waals surface area contributed by atoms with Crippen LogP contribution < -0.4 is 10.1 Å². The molecule has 0 spiro atoms. The maximum Gasteiger partial charge on any atom is 0.220 e. The summed E-state index contributed by atoms with van der Waals surface area (Å²) in [6, 6.07) is 15.6. The molecule has 11 heteroatoms. The van der Waals surface area contributed by atoms with Gasteiger partial charge in [0.15, 0.2) is 6.29 Å². The standard InChI is InChI=1S/C28H39NO10/c1-2-6-21(31)24(33)20(16-37-28-27(36)26(35)25(34)22(15-30)39-28)29-23(32)14-11-17-9-12-19(13-10-17)38-18-7-4-3-5-8-18/h3-5,7-10,12-13,20-22,24-28,30-31,33-36H,2,6,11,14-16H2,1H3,(H,29,32)/t20-,21+,22?,24-,25+,26?,27?,28-/m0/s1. The summed E-state index contributed by atoms with van der Waals surface area (Å²) in [6.07, 6.45) is -8.56. The van der Waals surface area contributed by atoms with Crippen LogP contribution in [0.15, 0.2) is 54.6 Å². The van der Waals surface area contributed by atoms with Gasteiger partial charge in [-0.05, 0) is 42.7 Å². The van der Waals surface area contributed by atoms with Crippen molar-refractivity contribution in [3.05, 3.63) is 60.2 Å². The molecule has 39 heavy (non-hydrogen) atoms. The molecule has 216 valence electrons. The number of aliphatic hydroxyl groups is 6. The van der Waals surface area contributed by atoms with Crippen molar-refractivity contribution in [2.24, 2.45) is 0 Å². The van der Waals surface area contributed by atoms with E-state index < -0.39 is 61.5 Å². The number of carbonyl (C=O) groups is 1. The van der Waals surface area contributed by atoms with E-state index in [1.165, 1.54) is 0 Å². The minimum Gasteiger partial charge on any atom is -0.457 e. The molecular weight excluding hydrogens is 510 g/mol. The number of para-hydroxylation sites is 1. The van der Waals surface area contributed by atoms with E-state index >= 15 is 0 Å². The zero-order valence-electron chi connectivity index (χ0n) is 21.9. The number of carbonyl (C=O) groups excluding carboxylic acids is 1. The Kier molecular flexibility index (Phi) is 12.1. The van der Waals surface area contributed by atoms with Crippen LogP contribution in [0.1, 0.15) is 31.7 Å². The molecular formula is C28H39NO10. The second kappa shape index (κ2) is 15.2. The van der Waals surface area contributed by atoms with Crippen molar-refractivity contribution in [3.8, 4) is 11.5 Å². The van der Waals surface area contributed by atoms with Gasteiger partial charge < -0.3 is 50.2 Å². The van der Waals surface area contributed by atoms with Gasteiger partial charge in [-0.15, -0.1) is 0 Å². The zero-order valence-corrected chi connectivity index (χ0v) is 21.9. The number of aryl methyl sites for hydroxylation is 1. The molecule has 0 saturated carbocycles. The second-order valence-corrected chi connectivity index (χ2v) is 9.61.